The molecule has 20 heavy (non-hydrogen) atoms. The fourth-order valence-corrected chi connectivity index (χ4v) is 3.44. The molecular weight excluding hydrogens is 248 g/mol. The minimum absolute atomic E-state index is 0.224. The van der Waals surface area contributed by atoms with Crippen molar-refractivity contribution >= 4 is 5.69 Å². The third-order valence-electron chi connectivity index (χ3n) is 4.55. The molecule has 1 unspecified atom stereocenters. The Morgan fingerprint density at radius 3 is 2.45 bits per heavy atom. The number of nitrogens with two attached hydrogens (primary N) is 1. The molecule has 3 rings (SSSR count). The van der Waals surface area contributed by atoms with Crippen molar-refractivity contribution in [2.75, 3.05) is 5.73 Å². The lowest BCUT2D eigenvalue weighted by atomic mass is 9.72. The summed E-state index contributed by atoms with van der Waals surface area (Å²) in [5.74, 6) is 0. The van der Waals surface area contributed by atoms with E-state index in [0.29, 0.717) is 5.69 Å². The third-order valence-corrected chi connectivity index (χ3v) is 4.55. The lowest BCUT2D eigenvalue weighted by Gasteiger charge is -2.35. The number of hydrogen-bond acceptors (Lipinski definition) is 3. The fraction of sp³-hybridized carbons (Fsp3) is 0.353. The zero-order chi connectivity index (χ0) is 14.0. The van der Waals surface area contributed by atoms with Gasteiger partial charge in [0.2, 0.25) is 0 Å². The van der Waals surface area contributed by atoms with Gasteiger partial charge in [-0.25, -0.2) is 0 Å². The summed E-state index contributed by atoms with van der Waals surface area (Å²) >= 11 is 0. The number of aliphatic hydroxyl groups is 1. The maximum Gasteiger partial charge on any atom is 0.0921 e. The number of pyridine rings is 1. The number of benzene rings is 1. The van der Waals surface area contributed by atoms with Gasteiger partial charge in [0.05, 0.1) is 6.10 Å². The maximum absolute atomic E-state index is 11.0. The van der Waals surface area contributed by atoms with Crippen LogP contribution in [0.2, 0.25) is 0 Å². The molecule has 0 spiro atoms. The van der Waals surface area contributed by atoms with Crippen LogP contribution in [0.4, 0.5) is 5.69 Å². The summed E-state index contributed by atoms with van der Waals surface area (Å²) in [6.45, 7) is 0. The number of anilines is 1. The molecule has 0 saturated heterocycles. The van der Waals surface area contributed by atoms with Crippen LogP contribution in [0.1, 0.15) is 42.9 Å². The normalized spacial score (nSPS) is 18.9. The van der Waals surface area contributed by atoms with Crippen LogP contribution in [0.5, 0.6) is 0 Å². The number of nitrogen functional groups attached to an aromatic ring is 1. The van der Waals surface area contributed by atoms with Crippen LogP contribution in [0, 0.1) is 0 Å². The predicted molar refractivity (Wildman–Crippen MR) is 80.2 cm³/mol. The second-order valence-corrected chi connectivity index (χ2v) is 5.64. The Bertz CT molecular complexity index is 577. The van der Waals surface area contributed by atoms with E-state index in [-0.39, 0.29) is 5.41 Å². The zero-order valence-electron chi connectivity index (χ0n) is 11.5. The van der Waals surface area contributed by atoms with Crippen molar-refractivity contribution in [2.45, 2.75) is 37.2 Å². The monoisotopic (exact) mass is 268 g/mol. The van der Waals surface area contributed by atoms with Crippen molar-refractivity contribution in [1.82, 2.24) is 4.98 Å². The molecule has 0 bridgehead atoms. The van der Waals surface area contributed by atoms with Gasteiger partial charge in [-0.2, -0.15) is 0 Å². The van der Waals surface area contributed by atoms with Crippen molar-refractivity contribution in [3.63, 3.8) is 0 Å². The molecule has 0 aliphatic heterocycles. The summed E-state index contributed by atoms with van der Waals surface area (Å²) in [4.78, 5) is 4.12. The molecular formula is C17H20N2O. The number of hydrogen-bond donors (Lipinski definition) is 2. The van der Waals surface area contributed by atoms with Gasteiger partial charge in [-0.05, 0) is 24.5 Å². The Labute approximate surface area is 119 Å². The van der Waals surface area contributed by atoms with Crippen LogP contribution in [0.3, 0.4) is 0 Å². The molecule has 1 saturated carbocycles. The van der Waals surface area contributed by atoms with Crippen molar-refractivity contribution in [1.29, 1.82) is 0 Å². The number of nitrogens with zero attached hydrogens (tertiary/aromatic N) is 1. The maximum atomic E-state index is 11.0. The standard InChI is InChI=1S/C17H20N2O/c18-15-8-11-19-12-14(15)16(20)17(9-4-5-10-17)13-6-2-1-3-7-13/h1-3,6-8,11-12,16,20H,4-5,9-10H2,(H2,18,19). The quantitative estimate of drug-likeness (QED) is 0.898. The van der Waals surface area contributed by atoms with Crippen LogP contribution in [-0.2, 0) is 5.41 Å². The Balaban J connectivity index is 2.06. The number of aliphatic hydroxyl groups excluding tert-OH is 1. The minimum atomic E-state index is -0.596. The lowest BCUT2D eigenvalue weighted by molar-refractivity contribution is 0.0826. The van der Waals surface area contributed by atoms with Crippen LogP contribution in [0.25, 0.3) is 0 Å². The molecule has 104 valence electrons. The second kappa shape index (κ2) is 5.25. The van der Waals surface area contributed by atoms with Crippen LogP contribution in [-0.4, -0.2) is 10.1 Å². The third kappa shape index (κ3) is 2.08. The molecule has 0 radical (unpaired) electrons. The van der Waals surface area contributed by atoms with E-state index in [4.69, 9.17) is 5.73 Å². The molecule has 3 N–H and O–H groups in total. The molecule has 1 heterocycles. The van der Waals surface area contributed by atoms with Gasteiger partial charge in [0, 0.05) is 29.1 Å². The average molecular weight is 268 g/mol. The lowest BCUT2D eigenvalue weighted by Crippen LogP contribution is -2.31. The summed E-state index contributed by atoms with van der Waals surface area (Å²) in [5.41, 5.74) is 8.37. The summed E-state index contributed by atoms with van der Waals surface area (Å²) in [7, 11) is 0. The van der Waals surface area contributed by atoms with Gasteiger partial charge in [-0.3, -0.25) is 4.98 Å². The first-order valence-electron chi connectivity index (χ1n) is 7.17. The van der Waals surface area contributed by atoms with E-state index in [0.717, 1.165) is 31.2 Å². The van der Waals surface area contributed by atoms with Crippen LogP contribution in [0.15, 0.2) is 48.8 Å². The van der Waals surface area contributed by atoms with E-state index in [9.17, 15) is 5.11 Å². The smallest absolute Gasteiger partial charge is 0.0921 e. The van der Waals surface area contributed by atoms with Crippen molar-refractivity contribution in [3.8, 4) is 0 Å². The molecule has 1 atom stereocenters. The van der Waals surface area contributed by atoms with Gasteiger partial charge in [-0.15, -0.1) is 0 Å². The van der Waals surface area contributed by atoms with E-state index in [1.165, 1.54) is 5.56 Å². The summed E-state index contributed by atoms with van der Waals surface area (Å²) in [5, 5.41) is 11.0. The molecule has 3 nitrogen and oxygen atoms in total. The zero-order valence-corrected chi connectivity index (χ0v) is 11.5. The van der Waals surface area contributed by atoms with Gasteiger partial charge in [0.15, 0.2) is 0 Å². The molecule has 1 aliphatic carbocycles. The minimum Gasteiger partial charge on any atom is -0.398 e. The molecule has 3 heteroatoms. The Hall–Kier alpha value is -1.87. The average Bonchev–Trinajstić information content (AvgIpc) is 2.99. The highest BCUT2D eigenvalue weighted by Crippen LogP contribution is 2.50. The highest BCUT2D eigenvalue weighted by molar-refractivity contribution is 5.48. The fourth-order valence-electron chi connectivity index (χ4n) is 3.44. The van der Waals surface area contributed by atoms with Crippen LogP contribution < -0.4 is 5.73 Å². The molecule has 1 aliphatic rings. The van der Waals surface area contributed by atoms with Crippen molar-refractivity contribution in [3.05, 3.63) is 59.9 Å². The van der Waals surface area contributed by atoms with Crippen molar-refractivity contribution < 1.29 is 5.11 Å². The van der Waals surface area contributed by atoms with E-state index in [1.54, 1.807) is 18.5 Å². The van der Waals surface area contributed by atoms with Gasteiger partial charge in [0.25, 0.3) is 0 Å². The van der Waals surface area contributed by atoms with Crippen LogP contribution >= 0.6 is 0 Å². The van der Waals surface area contributed by atoms with E-state index >= 15 is 0 Å². The SMILES string of the molecule is Nc1ccncc1C(O)C1(c2ccccc2)CCCC1. The van der Waals surface area contributed by atoms with Gasteiger partial charge >= 0.3 is 0 Å². The Kier molecular flexibility index (Phi) is 3.45. The molecule has 2 aromatic rings. The summed E-state index contributed by atoms with van der Waals surface area (Å²) in [6.07, 6.45) is 7.04. The van der Waals surface area contributed by atoms with E-state index in [1.807, 2.05) is 18.2 Å². The first kappa shape index (κ1) is 13.1. The Morgan fingerprint density at radius 2 is 1.80 bits per heavy atom. The van der Waals surface area contributed by atoms with Crippen molar-refractivity contribution in [2.24, 2.45) is 0 Å². The first-order chi connectivity index (χ1) is 9.74. The van der Waals surface area contributed by atoms with Gasteiger partial charge < -0.3 is 10.8 Å². The molecule has 1 aromatic heterocycles. The summed E-state index contributed by atoms with van der Waals surface area (Å²) in [6, 6.07) is 12.1. The highest BCUT2D eigenvalue weighted by atomic mass is 16.3. The molecule has 1 aromatic carbocycles. The molecule has 0 amide bonds. The predicted octanol–water partition coefficient (Wildman–Crippen LogP) is 3.21. The van der Waals surface area contributed by atoms with Gasteiger partial charge in [0.1, 0.15) is 0 Å². The first-order valence-corrected chi connectivity index (χ1v) is 7.17. The van der Waals surface area contributed by atoms with E-state index in [2.05, 4.69) is 17.1 Å². The number of rotatable bonds is 3. The topological polar surface area (TPSA) is 59.1 Å². The number of aromatic nitrogens is 1. The largest absolute Gasteiger partial charge is 0.398 e. The van der Waals surface area contributed by atoms with Gasteiger partial charge in [-0.1, -0.05) is 43.2 Å². The van der Waals surface area contributed by atoms with E-state index < -0.39 is 6.10 Å². The Morgan fingerprint density at radius 1 is 1.10 bits per heavy atom. The second-order valence-electron chi connectivity index (χ2n) is 5.64. The highest BCUT2D eigenvalue weighted by Gasteiger charge is 2.43. The molecule has 1 fully saturated rings. The summed E-state index contributed by atoms with van der Waals surface area (Å²) < 4.78 is 0.